The number of rotatable bonds is 5. The SMILES string of the molecule is COc1ccccc1NC(=O)c1cccc(S(=O)(=O)N2CCN(C(C)=O)CC2)c1. The predicted octanol–water partition coefficient (Wildman–Crippen LogP) is 1.80. The third-order valence-corrected chi connectivity index (χ3v) is 6.67. The summed E-state index contributed by atoms with van der Waals surface area (Å²) in [6.07, 6.45) is 0. The van der Waals surface area contributed by atoms with Gasteiger partial charge in [-0.1, -0.05) is 18.2 Å². The van der Waals surface area contributed by atoms with Crippen molar-refractivity contribution in [2.45, 2.75) is 11.8 Å². The average Bonchev–Trinajstić information content (AvgIpc) is 2.74. The molecule has 1 heterocycles. The highest BCUT2D eigenvalue weighted by molar-refractivity contribution is 7.89. The largest absolute Gasteiger partial charge is 0.495 e. The Kier molecular flexibility index (Phi) is 6.19. The van der Waals surface area contributed by atoms with Gasteiger partial charge in [0.1, 0.15) is 5.75 Å². The Morgan fingerprint density at radius 1 is 1.00 bits per heavy atom. The van der Waals surface area contributed by atoms with Gasteiger partial charge in [-0.15, -0.1) is 0 Å². The van der Waals surface area contributed by atoms with Crippen molar-refractivity contribution in [3.63, 3.8) is 0 Å². The van der Waals surface area contributed by atoms with Crippen molar-refractivity contribution in [2.24, 2.45) is 0 Å². The highest BCUT2D eigenvalue weighted by atomic mass is 32.2. The molecule has 1 aliphatic heterocycles. The molecule has 9 heteroatoms. The van der Waals surface area contributed by atoms with Crippen LogP contribution < -0.4 is 10.1 Å². The summed E-state index contributed by atoms with van der Waals surface area (Å²) in [5, 5.41) is 2.74. The van der Waals surface area contributed by atoms with Gasteiger partial charge in [-0.05, 0) is 30.3 Å². The summed E-state index contributed by atoms with van der Waals surface area (Å²) in [6.45, 7) is 2.61. The lowest BCUT2D eigenvalue weighted by Crippen LogP contribution is -2.49. The van der Waals surface area contributed by atoms with Gasteiger partial charge in [0.25, 0.3) is 5.91 Å². The number of carbonyl (C=O) groups is 2. The minimum absolute atomic E-state index is 0.0430. The summed E-state index contributed by atoms with van der Waals surface area (Å²) in [7, 11) is -2.26. The molecule has 0 saturated carbocycles. The van der Waals surface area contributed by atoms with E-state index in [9.17, 15) is 18.0 Å². The molecule has 0 unspecified atom stereocenters. The van der Waals surface area contributed by atoms with E-state index in [4.69, 9.17) is 4.74 Å². The summed E-state index contributed by atoms with van der Waals surface area (Å²) in [6, 6.07) is 12.9. The Hall–Kier alpha value is -2.91. The second-order valence-corrected chi connectivity index (χ2v) is 8.53. The zero-order valence-electron chi connectivity index (χ0n) is 16.3. The number of hydrogen-bond donors (Lipinski definition) is 1. The maximum Gasteiger partial charge on any atom is 0.255 e. The molecule has 0 spiro atoms. The van der Waals surface area contributed by atoms with Crippen LogP contribution in [-0.2, 0) is 14.8 Å². The molecule has 154 valence electrons. The monoisotopic (exact) mass is 417 g/mol. The quantitative estimate of drug-likeness (QED) is 0.800. The van der Waals surface area contributed by atoms with Gasteiger partial charge < -0.3 is 15.0 Å². The number of ether oxygens (including phenoxy) is 1. The molecule has 0 radical (unpaired) electrons. The van der Waals surface area contributed by atoms with E-state index >= 15 is 0 Å². The highest BCUT2D eigenvalue weighted by Crippen LogP contribution is 2.24. The number of methoxy groups -OCH3 is 1. The van der Waals surface area contributed by atoms with E-state index in [0.717, 1.165) is 0 Å². The Bertz CT molecular complexity index is 1010. The molecule has 0 bridgehead atoms. The van der Waals surface area contributed by atoms with E-state index in [1.807, 2.05) is 0 Å². The lowest BCUT2D eigenvalue weighted by molar-refractivity contribution is -0.129. The molecular formula is C20H23N3O5S. The first-order valence-electron chi connectivity index (χ1n) is 9.13. The minimum Gasteiger partial charge on any atom is -0.495 e. The fourth-order valence-electron chi connectivity index (χ4n) is 3.13. The predicted molar refractivity (Wildman–Crippen MR) is 108 cm³/mol. The highest BCUT2D eigenvalue weighted by Gasteiger charge is 2.29. The Labute approximate surface area is 170 Å². The van der Waals surface area contributed by atoms with Gasteiger partial charge in [0.05, 0.1) is 17.7 Å². The molecule has 0 atom stereocenters. The van der Waals surface area contributed by atoms with E-state index in [-0.39, 0.29) is 29.5 Å². The second-order valence-electron chi connectivity index (χ2n) is 6.59. The van der Waals surface area contributed by atoms with E-state index in [0.29, 0.717) is 24.5 Å². The van der Waals surface area contributed by atoms with Crippen molar-refractivity contribution in [2.75, 3.05) is 38.6 Å². The molecule has 3 rings (SSSR count). The summed E-state index contributed by atoms with van der Waals surface area (Å²) in [5.41, 5.74) is 0.716. The third kappa shape index (κ3) is 4.57. The number of amides is 2. The molecule has 2 aromatic rings. The van der Waals surface area contributed by atoms with Gasteiger partial charge in [0, 0.05) is 38.7 Å². The van der Waals surface area contributed by atoms with Crippen LogP contribution in [0.3, 0.4) is 0 Å². The van der Waals surface area contributed by atoms with Crippen molar-refractivity contribution in [3.05, 3.63) is 54.1 Å². The first-order valence-corrected chi connectivity index (χ1v) is 10.6. The Balaban J connectivity index is 1.78. The van der Waals surface area contributed by atoms with Gasteiger partial charge in [-0.2, -0.15) is 4.31 Å². The summed E-state index contributed by atoms with van der Waals surface area (Å²) in [5.74, 6) is -0.00188. The summed E-state index contributed by atoms with van der Waals surface area (Å²) < 4.78 is 32.5. The van der Waals surface area contributed by atoms with Gasteiger partial charge in [-0.25, -0.2) is 8.42 Å². The van der Waals surface area contributed by atoms with E-state index in [1.165, 1.54) is 36.5 Å². The van der Waals surface area contributed by atoms with Crippen LogP contribution in [0.5, 0.6) is 5.75 Å². The smallest absolute Gasteiger partial charge is 0.255 e. The summed E-state index contributed by atoms with van der Waals surface area (Å²) >= 11 is 0. The van der Waals surface area contributed by atoms with Crippen LogP contribution >= 0.6 is 0 Å². The molecule has 2 amide bonds. The van der Waals surface area contributed by atoms with Crippen LogP contribution in [0.4, 0.5) is 5.69 Å². The molecular weight excluding hydrogens is 394 g/mol. The number of carbonyl (C=O) groups excluding carboxylic acids is 2. The second kappa shape index (κ2) is 8.62. The zero-order valence-corrected chi connectivity index (χ0v) is 17.1. The lowest BCUT2D eigenvalue weighted by Gasteiger charge is -2.33. The van der Waals surface area contributed by atoms with Crippen molar-refractivity contribution in [1.29, 1.82) is 0 Å². The molecule has 1 N–H and O–H groups in total. The Morgan fingerprint density at radius 3 is 2.34 bits per heavy atom. The van der Waals surface area contributed by atoms with Crippen LogP contribution in [0.2, 0.25) is 0 Å². The molecule has 2 aromatic carbocycles. The molecule has 29 heavy (non-hydrogen) atoms. The van der Waals surface area contributed by atoms with E-state index in [1.54, 1.807) is 35.2 Å². The molecule has 0 aliphatic carbocycles. The third-order valence-electron chi connectivity index (χ3n) is 4.77. The first-order chi connectivity index (χ1) is 13.8. The molecule has 8 nitrogen and oxygen atoms in total. The number of nitrogens with zero attached hydrogens (tertiary/aromatic N) is 2. The minimum atomic E-state index is -3.76. The van der Waals surface area contributed by atoms with Crippen LogP contribution in [0.1, 0.15) is 17.3 Å². The standard InChI is InChI=1S/C20H23N3O5S/c1-15(24)22-10-12-23(13-11-22)29(26,27)17-7-5-6-16(14-17)20(25)21-18-8-3-4-9-19(18)28-2/h3-9,14H,10-13H2,1-2H3,(H,21,25). The fraction of sp³-hybridized carbons (Fsp3) is 0.300. The molecule has 1 fully saturated rings. The number of nitrogens with one attached hydrogen (secondary N) is 1. The van der Waals surface area contributed by atoms with Gasteiger partial charge in [0.15, 0.2) is 0 Å². The van der Waals surface area contributed by atoms with Gasteiger partial charge in [0.2, 0.25) is 15.9 Å². The van der Waals surface area contributed by atoms with E-state index in [2.05, 4.69) is 5.32 Å². The first kappa shape index (κ1) is 20.8. The number of piperazine rings is 1. The molecule has 1 saturated heterocycles. The average molecular weight is 417 g/mol. The Morgan fingerprint density at radius 2 is 1.69 bits per heavy atom. The number of sulfonamides is 1. The number of para-hydroxylation sites is 2. The maximum absolute atomic E-state index is 13.0. The number of anilines is 1. The van der Waals surface area contributed by atoms with Crippen molar-refractivity contribution in [1.82, 2.24) is 9.21 Å². The normalized spacial score (nSPS) is 15.0. The van der Waals surface area contributed by atoms with Gasteiger partial charge in [-0.3, -0.25) is 9.59 Å². The van der Waals surface area contributed by atoms with E-state index < -0.39 is 15.9 Å². The zero-order chi connectivity index (χ0) is 21.0. The van der Waals surface area contributed by atoms with Crippen molar-refractivity contribution >= 4 is 27.5 Å². The number of hydrogen-bond acceptors (Lipinski definition) is 5. The number of benzene rings is 2. The van der Waals surface area contributed by atoms with Crippen LogP contribution in [0.25, 0.3) is 0 Å². The summed E-state index contributed by atoms with van der Waals surface area (Å²) in [4.78, 5) is 25.7. The lowest BCUT2D eigenvalue weighted by atomic mass is 10.2. The molecule has 0 aromatic heterocycles. The van der Waals surface area contributed by atoms with Crippen LogP contribution in [-0.4, -0.2) is 62.7 Å². The van der Waals surface area contributed by atoms with Gasteiger partial charge >= 0.3 is 0 Å². The van der Waals surface area contributed by atoms with Crippen molar-refractivity contribution < 1.29 is 22.7 Å². The van der Waals surface area contributed by atoms with Crippen LogP contribution in [0.15, 0.2) is 53.4 Å². The van der Waals surface area contributed by atoms with Crippen LogP contribution in [0, 0.1) is 0 Å². The topological polar surface area (TPSA) is 96.0 Å². The maximum atomic E-state index is 13.0. The van der Waals surface area contributed by atoms with Crippen molar-refractivity contribution in [3.8, 4) is 5.75 Å². The molecule has 1 aliphatic rings. The fourth-order valence-corrected chi connectivity index (χ4v) is 4.60.